The zero-order chi connectivity index (χ0) is 24.2. The first-order valence-corrected chi connectivity index (χ1v) is 11.6. The van der Waals surface area contributed by atoms with Crippen LogP contribution >= 0.6 is 0 Å². The third kappa shape index (κ3) is 5.42. The van der Waals surface area contributed by atoms with Crippen LogP contribution in [0.5, 0.6) is 23.0 Å². The summed E-state index contributed by atoms with van der Waals surface area (Å²) < 4.78 is 42.8. The quantitative estimate of drug-likeness (QED) is 0.414. The molecule has 35 heavy (non-hydrogen) atoms. The molecule has 1 N–H and O–H groups in total. The first-order chi connectivity index (χ1) is 17.1. The molecule has 2 unspecified atom stereocenters. The van der Waals surface area contributed by atoms with E-state index < -0.39 is 5.82 Å². The minimum absolute atomic E-state index is 0.0229. The van der Waals surface area contributed by atoms with Gasteiger partial charge in [0.25, 0.3) is 0 Å². The molecule has 0 aliphatic carbocycles. The Kier molecular flexibility index (Phi) is 6.88. The van der Waals surface area contributed by atoms with E-state index in [9.17, 15) is 0 Å². The summed E-state index contributed by atoms with van der Waals surface area (Å²) in [4.78, 5) is 0. The molecular weight excluding hydrogens is 449 g/mol. The molecule has 182 valence electrons. The summed E-state index contributed by atoms with van der Waals surface area (Å²) in [7, 11) is 1.51. The number of benzene rings is 3. The van der Waals surface area contributed by atoms with Crippen molar-refractivity contribution in [3.8, 4) is 23.0 Å². The predicted molar refractivity (Wildman–Crippen MR) is 130 cm³/mol. The largest absolute Gasteiger partial charge is 0.493 e. The number of halogens is 1. The zero-order valence-corrected chi connectivity index (χ0v) is 19.8. The third-order valence-electron chi connectivity index (χ3n) is 6.08. The molecular formula is C28H28FNO5. The van der Waals surface area contributed by atoms with Crippen LogP contribution in [0.15, 0.2) is 60.7 Å². The van der Waals surface area contributed by atoms with Crippen LogP contribution in [-0.4, -0.2) is 32.8 Å². The monoisotopic (exact) mass is 477 g/mol. The second-order valence-corrected chi connectivity index (χ2v) is 8.49. The number of methoxy groups -OCH3 is 1. The molecule has 0 amide bonds. The van der Waals surface area contributed by atoms with Gasteiger partial charge in [0, 0.05) is 6.54 Å². The molecule has 1 saturated heterocycles. The van der Waals surface area contributed by atoms with Crippen molar-refractivity contribution in [3.63, 3.8) is 0 Å². The Labute approximate surface area is 204 Å². The predicted octanol–water partition coefficient (Wildman–Crippen LogP) is 5.02. The highest BCUT2D eigenvalue weighted by molar-refractivity contribution is 5.61. The van der Waals surface area contributed by atoms with Crippen LogP contribution < -0.4 is 24.3 Å². The number of epoxide rings is 1. The van der Waals surface area contributed by atoms with Gasteiger partial charge in [-0.1, -0.05) is 48.6 Å². The van der Waals surface area contributed by atoms with Crippen molar-refractivity contribution in [2.24, 2.45) is 0 Å². The molecule has 0 aromatic heterocycles. The highest BCUT2D eigenvalue weighted by atomic mass is 19.1. The van der Waals surface area contributed by atoms with Crippen LogP contribution in [0.25, 0.3) is 6.08 Å². The van der Waals surface area contributed by atoms with Gasteiger partial charge in [0.1, 0.15) is 18.9 Å². The second-order valence-electron chi connectivity index (χ2n) is 8.49. The lowest BCUT2D eigenvalue weighted by Crippen LogP contribution is -2.22. The van der Waals surface area contributed by atoms with Gasteiger partial charge in [-0.05, 0) is 53.8 Å². The number of aryl methyl sites for hydroxylation is 1. The molecule has 3 aromatic carbocycles. The van der Waals surface area contributed by atoms with Crippen LogP contribution in [0.2, 0.25) is 0 Å². The molecule has 0 saturated carbocycles. The lowest BCUT2D eigenvalue weighted by atomic mass is 10.1. The standard InChI is InChI=1S/C28H28FNO5/c1-18-14-24-25(34-17-33-24)15-21(18)9-11-23-28(35-23)30-13-12-20-8-10-22(31-2)27(26(20)29)32-16-19-6-4-3-5-7-19/h3-11,14-15,23,28,30H,12-13,16-17H2,1-2H3/b11-9+. The maximum absolute atomic E-state index is 15.2. The van der Waals surface area contributed by atoms with Gasteiger partial charge in [0.15, 0.2) is 28.8 Å². The summed E-state index contributed by atoms with van der Waals surface area (Å²) in [6.07, 6.45) is 4.44. The van der Waals surface area contributed by atoms with Gasteiger partial charge in [0.2, 0.25) is 6.79 Å². The Bertz CT molecular complexity index is 1210. The normalized spacial score (nSPS) is 18.1. The maximum atomic E-state index is 15.2. The number of hydrogen-bond acceptors (Lipinski definition) is 6. The molecule has 2 aliphatic heterocycles. The van der Waals surface area contributed by atoms with E-state index in [0.29, 0.717) is 24.3 Å². The Morgan fingerprint density at radius 3 is 2.69 bits per heavy atom. The first kappa shape index (κ1) is 23.2. The van der Waals surface area contributed by atoms with Crippen molar-refractivity contribution in [1.29, 1.82) is 0 Å². The fourth-order valence-electron chi connectivity index (χ4n) is 4.02. The van der Waals surface area contributed by atoms with Crippen LogP contribution in [0.3, 0.4) is 0 Å². The molecule has 0 radical (unpaired) electrons. The molecule has 0 spiro atoms. The molecule has 7 heteroatoms. The van der Waals surface area contributed by atoms with Crippen LogP contribution in [0.4, 0.5) is 4.39 Å². The van der Waals surface area contributed by atoms with Crippen LogP contribution in [0.1, 0.15) is 22.3 Å². The van der Waals surface area contributed by atoms with Gasteiger partial charge in [-0.3, -0.25) is 5.32 Å². The summed E-state index contributed by atoms with van der Waals surface area (Å²) in [5.74, 6) is 1.66. The average Bonchev–Trinajstić information content (AvgIpc) is 3.47. The molecule has 5 rings (SSSR count). The Hall–Kier alpha value is -3.55. The third-order valence-corrected chi connectivity index (χ3v) is 6.08. The number of fused-ring (bicyclic) bond motifs is 1. The van der Waals surface area contributed by atoms with E-state index in [-0.39, 0.29) is 31.5 Å². The zero-order valence-electron chi connectivity index (χ0n) is 19.8. The van der Waals surface area contributed by atoms with E-state index >= 15 is 4.39 Å². The summed E-state index contributed by atoms with van der Waals surface area (Å²) in [6, 6.07) is 17.1. The van der Waals surface area contributed by atoms with Crippen LogP contribution in [0, 0.1) is 12.7 Å². The minimum Gasteiger partial charge on any atom is -0.493 e. The van der Waals surface area contributed by atoms with Crippen molar-refractivity contribution in [3.05, 3.63) is 88.7 Å². The minimum atomic E-state index is -0.395. The number of rotatable bonds is 10. The molecule has 0 bridgehead atoms. The van der Waals surface area contributed by atoms with Crippen molar-refractivity contribution >= 4 is 6.08 Å². The van der Waals surface area contributed by atoms with E-state index in [1.807, 2.05) is 61.5 Å². The molecule has 6 nitrogen and oxygen atoms in total. The highest BCUT2D eigenvalue weighted by Gasteiger charge is 2.35. The van der Waals surface area contributed by atoms with Gasteiger partial charge in [-0.25, -0.2) is 4.39 Å². The van der Waals surface area contributed by atoms with E-state index in [0.717, 1.165) is 28.2 Å². The topological polar surface area (TPSA) is 61.5 Å². The Balaban J connectivity index is 1.14. The number of ether oxygens (including phenoxy) is 5. The van der Waals surface area contributed by atoms with Gasteiger partial charge >= 0.3 is 0 Å². The lowest BCUT2D eigenvalue weighted by molar-refractivity contribution is 0.174. The molecule has 3 aromatic rings. The van der Waals surface area contributed by atoms with Gasteiger partial charge in [-0.15, -0.1) is 0 Å². The summed E-state index contributed by atoms with van der Waals surface area (Å²) in [5, 5.41) is 3.32. The van der Waals surface area contributed by atoms with Gasteiger partial charge in [-0.2, -0.15) is 0 Å². The molecule has 2 aliphatic rings. The summed E-state index contributed by atoms with van der Waals surface area (Å²) in [5.41, 5.74) is 3.69. The van der Waals surface area contributed by atoms with E-state index in [1.54, 1.807) is 12.1 Å². The van der Waals surface area contributed by atoms with Crippen LogP contribution in [-0.2, 0) is 17.8 Å². The van der Waals surface area contributed by atoms with Crippen molar-refractivity contribution in [2.75, 3.05) is 20.4 Å². The summed E-state index contributed by atoms with van der Waals surface area (Å²) >= 11 is 0. The SMILES string of the molecule is COc1ccc(CCNC2OC2/C=C/c2cc3c(cc2C)OCO3)c(F)c1OCc1ccccc1. The van der Waals surface area contributed by atoms with E-state index in [2.05, 4.69) is 5.32 Å². The highest BCUT2D eigenvalue weighted by Crippen LogP contribution is 2.36. The number of nitrogens with one attached hydrogen (secondary N) is 1. The summed E-state index contributed by atoms with van der Waals surface area (Å²) in [6.45, 7) is 3.13. The average molecular weight is 478 g/mol. The maximum Gasteiger partial charge on any atom is 0.231 e. The lowest BCUT2D eigenvalue weighted by Gasteiger charge is -2.14. The van der Waals surface area contributed by atoms with Crippen molar-refractivity contribution < 1.29 is 28.1 Å². The van der Waals surface area contributed by atoms with Gasteiger partial charge < -0.3 is 23.7 Å². The Morgan fingerprint density at radius 1 is 1.09 bits per heavy atom. The Morgan fingerprint density at radius 2 is 1.89 bits per heavy atom. The van der Waals surface area contributed by atoms with E-state index in [4.69, 9.17) is 23.7 Å². The fraction of sp³-hybridized carbons (Fsp3) is 0.286. The van der Waals surface area contributed by atoms with Gasteiger partial charge in [0.05, 0.1) is 7.11 Å². The number of hydrogen-bond donors (Lipinski definition) is 1. The second kappa shape index (κ2) is 10.4. The fourth-order valence-corrected chi connectivity index (χ4v) is 4.02. The molecule has 2 atom stereocenters. The smallest absolute Gasteiger partial charge is 0.231 e. The van der Waals surface area contributed by atoms with Crippen molar-refractivity contribution in [1.82, 2.24) is 5.32 Å². The van der Waals surface area contributed by atoms with E-state index in [1.165, 1.54) is 7.11 Å². The molecule has 2 heterocycles. The van der Waals surface area contributed by atoms with Crippen molar-refractivity contribution in [2.45, 2.75) is 32.3 Å². The first-order valence-electron chi connectivity index (χ1n) is 11.6. The molecule has 1 fully saturated rings.